The highest BCUT2D eigenvalue weighted by Gasteiger charge is 2.35. The lowest BCUT2D eigenvalue weighted by atomic mass is 9.87. The summed E-state index contributed by atoms with van der Waals surface area (Å²) in [4.78, 5) is 18.9. The molecule has 29 heavy (non-hydrogen) atoms. The van der Waals surface area contributed by atoms with E-state index in [9.17, 15) is 4.79 Å². The van der Waals surface area contributed by atoms with E-state index in [0.717, 1.165) is 16.8 Å². The molecule has 1 aromatic heterocycles. The van der Waals surface area contributed by atoms with Gasteiger partial charge in [-0.05, 0) is 47.7 Å². The predicted molar refractivity (Wildman–Crippen MR) is 114 cm³/mol. The molecule has 2 heterocycles. The molecule has 0 spiro atoms. The number of carbonyl (C=O) groups is 1. The van der Waals surface area contributed by atoms with Crippen molar-refractivity contribution in [3.8, 4) is 11.5 Å². The van der Waals surface area contributed by atoms with E-state index in [-0.39, 0.29) is 17.2 Å². The van der Waals surface area contributed by atoms with Crippen LogP contribution in [0.4, 0.5) is 5.69 Å². The van der Waals surface area contributed by atoms with Gasteiger partial charge in [-0.15, -0.1) is 0 Å². The minimum atomic E-state index is -0.119. The fourth-order valence-electron chi connectivity index (χ4n) is 3.57. The summed E-state index contributed by atoms with van der Waals surface area (Å²) in [6.07, 6.45) is 0.339. The number of aromatic nitrogens is 2. The highest BCUT2D eigenvalue weighted by atomic mass is 35.5. The average Bonchev–Trinajstić information content (AvgIpc) is 3.28. The molecule has 1 saturated heterocycles. The van der Waals surface area contributed by atoms with Crippen molar-refractivity contribution in [2.75, 3.05) is 11.4 Å². The van der Waals surface area contributed by atoms with Crippen LogP contribution in [0.2, 0.25) is 5.02 Å². The van der Waals surface area contributed by atoms with Gasteiger partial charge in [0.25, 0.3) is 5.89 Å². The number of aryl methyl sites for hydroxylation is 1. The smallest absolute Gasteiger partial charge is 0.257 e. The van der Waals surface area contributed by atoms with Gasteiger partial charge in [-0.3, -0.25) is 4.79 Å². The van der Waals surface area contributed by atoms with Gasteiger partial charge in [-0.25, -0.2) is 0 Å². The first-order valence-corrected chi connectivity index (χ1v) is 10.1. The van der Waals surface area contributed by atoms with Gasteiger partial charge in [-0.1, -0.05) is 55.7 Å². The van der Waals surface area contributed by atoms with Gasteiger partial charge in [0, 0.05) is 24.4 Å². The van der Waals surface area contributed by atoms with E-state index in [2.05, 4.69) is 43.0 Å². The zero-order valence-corrected chi connectivity index (χ0v) is 17.8. The van der Waals surface area contributed by atoms with E-state index >= 15 is 0 Å². The van der Waals surface area contributed by atoms with Crippen molar-refractivity contribution in [1.29, 1.82) is 0 Å². The largest absolute Gasteiger partial charge is 0.334 e. The lowest BCUT2D eigenvalue weighted by molar-refractivity contribution is -0.117. The molecular formula is C23H24ClN3O2. The van der Waals surface area contributed by atoms with Crippen LogP contribution >= 0.6 is 11.6 Å². The Kier molecular flexibility index (Phi) is 4.95. The number of benzene rings is 2. The molecule has 6 heteroatoms. The Hall–Kier alpha value is -2.66. The Morgan fingerprint density at radius 3 is 2.52 bits per heavy atom. The van der Waals surface area contributed by atoms with Crippen LogP contribution in [0.5, 0.6) is 0 Å². The lowest BCUT2D eigenvalue weighted by Crippen LogP contribution is -2.24. The zero-order valence-electron chi connectivity index (χ0n) is 17.1. The summed E-state index contributed by atoms with van der Waals surface area (Å²) < 4.78 is 5.49. The first-order valence-electron chi connectivity index (χ1n) is 9.73. The molecule has 1 fully saturated rings. The molecule has 3 aromatic rings. The van der Waals surface area contributed by atoms with Gasteiger partial charge in [-0.2, -0.15) is 4.98 Å². The van der Waals surface area contributed by atoms with Crippen molar-refractivity contribution < 1.29 is 9.32 Å². The van der Waals surface area contributed by atoms with Gasteiger partial charge >= 0.3 is 0 Å². The SMILES string of the molecule is Cc1ccc(N2CC(c3noc(-c4ccc(C(C)(C)C)cc4)n3)CC2=O)c(Cl)c1. The number of halogens is 1. The second-order valence-corrected chi connectivity index (χ2v) is 9.05. The Balaban J connectivity index is 1.53. The van der Waals surface area contributed by atoms with Crippen molar-refractivity contribution in [2.24, 2.45) is 0 Å². The first kappa shape index (κ1) is 19.6. The summed E-state index contributed by atoms with van der Waals surface area (Å²) >= 11 is 6.35. The van der Waals surface area contributed by atoms with Crippen LogP contribution in [0.3, 0.4) is 0 Å². The fourth-order valence-corrected chi connectivity index (χ4v) is 3.91. The van der Waals surface area contributed by atoms with E-state index in [1.807, 2.05) is 37.3 Å². The molecule has 150 valence electrons. The second-order valence-electron chi connectivity index (χ2n) is 8.65. The maximum Gasteiger partial charge on any atom is 0.257 e. The standard InChI is InChI=1S/C23H24ClN3O2/c1-14-5-10-19(18(24)11-14)27-13-16(12-20(27)28)21-25-22(29-26-21)15-6-8-17(9-7-15)23(2,3)4/h5-11,16H,12-13H2,1-4H3. The van der Waals surface area contributed by atoms with Crippen molar-refractivity contribution in [1.82, 2.24) is 10.1 Å². The summed E-state index contributed by atoms with van der Waals surface area (Å²) in [7, 11) is 0. The molecule has 0 aliphatic carbocycles. The average molecular weight is 410 g/mol. The van der Waals surface area contributed by atoms with Crippen LogP contribution in [0.15, 0.2) is 47.0 Å². The monoisotopic (exact) mass is 409 g/mol. The summed E-state index contributed by atoms with van der Waals surface area (Å²) in [6.45, 7) is 8.99. The molecule has 0 radical (unpaired) electrons. The summed E-state index contributed by atoms with van der Waals surface area (Å²) in [6, 6.07) is 13.9. The molecule has 2 aromatic carbocycles. The Bertz CT molecular complexity index is 1050. The first-order chi connectivity index (χ1) is 13.7. The van der Waals surface area contributed by atoms with Crippen LogP contribution < -0.4 is 4.90 Å². The molecule has 1 atom stereocenters. The molecule has 1 unspecified atom stereocenters. The summed E-state index contributed by atoms with van der Waals surface area (Å²) in [5, 5.41) is 4.72. The van der Waals surface area contributed by atoms with Gasteiger partial charge in [0.1, 0.15) is 0 Å². The quantitative estimate of drug-likeness (QED) is 0.571. The van der Waals surface area contributed by atoms with E-state index in [1.165, 1.54) is 5.56 Å². The minimum Gasteiger partial charge on any atom is -0.334 e. The number of carbonyl (C=O) groups excluding carboxylic acids is 1. The normalized spacial score (nSPS) is 17.2. The third-order valence-electron chi connectivity index (χ3n) is 5.32. The molecule has 1 aliphatic rings. The highest BCUT2D eigenvalue weighted by Crippen LogP contribution is 2.35. The lowest BCUT2D eigenvalue weighted by Gasteiger charge is -2.18. The van der Waals surface area contributed by atoms with E-state index in [0.29, 0.717) is 29.7 Å². The molecule has 5 nitrogen and oxygen atoms in total. The minimum absolute atomic E-state index is 0.0154. The Morgan fingerprint density at radius 2 is 1.86 bits per heavy atom. The van der Waals surface area contributed by atoms with E-state index in [4.69, 9.17) is 16.1 Å². The fraction of sp³-hybridized carbons (Fsp3) is 0.348. The van der Waals surface area contributed by atoms with Gasteiger partial charge < -0.3 is 9.42 Å². The molecule has 0 saturated carbocycles. The van der Waals surface area contributed by atoms with Gasteiger partial charge in [0.15, 0.2) is 5.82 Å². The molecular weight excluding hydrogens is 386 g/mol. The number of amides is 1. The van der Waals surface area contributed by atoms with Crippen LogP contribution in [0.25, 0.3) is 11.5 Å². The number of rotatable bonds is 3. The van der Waals surface area contributed by atoms with Gasteiger partial charge in [0.2, 0.25) is 5.91 Å². The van der Waals surface area contributed by atoms with Crippen LogP contribution in [-0.2, 0) is 10.2 Å². The van der Waals surface area contributed by atoms with Crippen LogP contribution in [0.1, 0.15) is 50.1 Å². The summed E-state index contributed by atoms with van der Waals surface area (Å²) in [5.41, 5.74) is 3.99. The summed E-state index contributed by atoms with van der Waals surface area (Å²) in [5.74, 6) is 0.923. The Morgan fingerprint density at radius 1 is 1.14 bits per heavy atom. The molecule has 0 N–H and O–H groups in total. The second kappa shape index (κ2) is 7.30. The van der Waals surface area contributed by atoms with Crippen molar-refractivity contribution in [3.05, 3.63) is 64.4 Å². The molecule has 4 rings (SSSR count). The number of anilines is 1. The maximum absolute atomic E-state index is 12.6. The third kappa shape index (κ3) is 3.92. The van der Waals surface area contributed by atoms with Crippen LogP contribution in [0, 0.1) is 6.92 Å². The van der Waals surface area contributed by atoms with E-state index in [1.54, 1.807) is 4.90 Å². The maximum atomic E-state index is 12.6. The molecule has 1 aliphatic heterocycles. The predicted octanol–water partition coefficient (Wildman–Crippen LogP) is 5.52. The van der Waals surface area contributed by atoms with Gasteiger partial charge in [0.05, 0.1) is 10.7 Å². The van der Waals surface area contributed by atoms with Crippen molar-refractivity contribution in [3.63, 3.8) is 0 Å². The van der Waals surface area contributed by atoms with Crippen LogP contribution in [-0.4, -0.2) is 22.6 Å². The third-order valence-corrected chi connectivity index (χ3v) is 5.63. The number of hydrogen-bond donors (Lipinski definition) is 0. The topological polar surface area (TPSA) is 59.2 Å². The highest BCUT2D eigenvalue weighted by molar-refractivity contribution is 6.34. The van der Waals surface area contributed by atoms with E-state index < -0.39 is 0 Å². The zero-order chi connectivity index (χ0) is 20.8. The number of hydrogen-bond acceptors (Lipinski definition) is 4. The van der Waals surface area contributed by atoms with Crippen molar-refractivity contribution >= 4 is 23.2 Å². The molecule has 1 amide bonds. The van der Waals surface area contributed by atoms with Crippen molar-refractivity contribution in [2.45, 2.75) is 45.4 Å². The molecule has 0 bridgehead atoms. The number of nitrogens with zero attached hydrogens (tertiary/aromatic N) is 3. The Labute approximate surface area is 175 Å².